The van der Waals surface area contributed by atoms with Gasteiger partial charge in [-0.3, -0.25) is 9.89 Å². The van der Waals surface area contributed by atoms with E-state index in [0.717, 1.165) is 57.6 Å². The van der Waals surface area contributed by atoms with E-state index in [1.54, 1.807) is 28.8 Å². The number of fused-ring (bicyclic) bond motifs is 4. The number of anilines is 2. The van der Waals surface area contributed by atoms with Gasteiger partial charge in [-0.15, -0.1) is 11.3 Å². The molecule has 9 heteroatoms. The standard InChI is InChI=1S/C23H26N6O2S/c1-12(2)31-18-9-16-14(10-26-28-16)7-17(18)27-21-20-15-6-5-13(23(30)29(3)4)8-19(15)32-22(20)25-11-24-21/h7,9-13H,5-6,8H2,1-4H3,(H,26,28)(H,24,25,27). The Labute approximate surface area is 190 Å². The Kier molecular flexibility index (Phi) is 5.21. The van der Waals surface area contributed by atoms with Crippen molar-refractivity contribution in [3.05, 3.63) is 35.1 Å². The zero-order valence-corrected chi connectivity index (χ0v) is 19.4. The molecular weight excluding hydrogens is 424 g/mol. The fourth-order valence-corrected chi connectivity index (χ4v) is 5.60. The number of aromatic nitrogens is 4. The van der Waals surface area contributed by atoms with Crippen molar-refractivity contribution in [2.75, 3.05) is 19.4 Å². The molecule has 1 aromatic carbocycles. The van der Waals surface area contributed by atoms with E-state index >= 15 is 0 Å². The Hall–Kier alpha value is -3.20. The van der Waals surface area contributed by atoms with Crippen LogP contribution in [-0.2, 0) is 17.6 Å². The Bertz CT molecular complexity index is 1310. The van der Waals surface area contributed by atoms with E-state index in [-0.39, 0.29) is 17.9 Å². The van der Waals surface area contributed by atoms with Gasteiger partial charge in [-0.1, -0.05) is 0 Å². The van der Waals surface area contributed by atoms with Crippen molar-refractivity contribution < 1.29 is 9.53 Å². The largest absolute Gasteiger partial charge is 0.489 e. The van der Waals surface area contributed by atoms with Crippen molar-refractivity contribution in [2.45, 2.75) is 39.2 Å². The Morgan fingerprint density at radius 3 is 2.94 bits per heavy atom. The minimum Gasteiger partial charge on any atom is -0.489 e. The van der Waals surface area contributed by atoms with E-state index in [1.807, 2.05) is 40.1 Å². The highest BCUT2D eigenvalue weighted by atomic mass is 32.1. The Morgan fingerprint density at radius 1 is 1.31 bits per heavy atom. The molecule has 3 aromatic heterocycles. The third-order valence-corrected chi connectivity index (χ3v) is 6.95. The van der Waals surface area contributed by atoms with Crippen molar-refractivity contribution >= 4 is 49.9 Å². The van der Waals surface area contributed by atoms with E-state index in [9.17, 15) is 4.79 Å². The van der Waals surface area contributed by atoms with Gasteiger partial charge in [0.25, 0.3) is 0 Å². The molecule has 0 fully saturated rings. The minimum absolute atomic E-state index is 0.0291. The van der Waals surface area contributed by atoms with E-state index in [4.69, 9.17) is 4.74 Å². The molecule has 1 aliphatic rings. The quantitative estimate of drug-likeness (QED) is 0.471. The van der Waals surface area contributed by atoms with Crippen LogP contribution in [0.4, 0.5) is 11.5 Å². The van der Waals surface area contributed by atoms with Crippen molar-refractivity contribution in [2.24, 2.45) is 5.92 Å². The van der Waals surface area contributed by atoms with Crippen LogP contribution >= 0.6 is 11.3 Å². The van der Waals surface area contributed by atoms with Crippen molar-refractivity contribution in [1.82, 2.24) is 25.1 Å². The fourth-order valence-electron chi connectivity index (χ4n) is 4.33. The second-order valence-corrected chi connectivity index (χ2v) is 9.76. The topological polar surface area (TPSA) is 96.0 Å². The van der Waals surface area contributed by atoms with E-state index < -0.39 is 0 Å². The maximum absolute atomic E-state index is 12.5. The van der Waals surface area contributed by atoms with Crippen LogP contribution in [0.15, 0.2) is 24.7 Å². The van der Waals surface area contributed by atoms with E-state index in [1.165, 1.54) is 10.4 Å². The molecule has 4 aromatic rings. The van der Waals surface area contributed by atoms with Crippen LogP contribution in [0.5, 0.6) is 5.75 Å². The Morgan fingerprint density at radius 2 is 2.16 bits per heavy atom. The number of benzene rings is 1. The number of nitrogens with one attached hydrogen (secondary N) is 2. The normalized spacial score (nSPS) is 15.8. The van der Waals surface area contributed by atoms with Gasteiger partial charge in [0.05, 0.1) is 28.9 Å². The average molecular weight is 451 g/mol. The smallest absolute Gasteiger partial charge is 0.225 e. The number of hydrogen-bond donors (Lipinski definition) is 2. The highest BCUT2D eigenvalue weighted by Crippen LogP contribution is 2.42. The maximum atomic E-state index is 12.5. The fraction of sp³-hybridized carbons (Fsp3) is 0.391. The molecule has 1 atom stereocenters. The molecule has 8 nitrogen and oxygen atoms in total. The number of hydrogen-bond acceptors (Lipinski definition) is 7. The molecule has 1 aliphatic carbocycles. The van der Waals surface area contributed by atoms with Crippen molar-refractivity contribution in [1.29, 1.82) is 0 Å². The summed E-state index contributed by atoms with van der Waals surface area (Å²) < 4.78 is 6.07. The van der Waals surface area contributed by atoms with Crippen LogP contribution < -0.4 is 10.1 Å². The third kappa shape index (κ3) is 3.66. The van der Waals surface area contributed by atoms with E-state index in [0.29, 0.717) is 0 Å². The molecule has 0 radical (unpaired) electrons. The van der Waals surface area contributed by atoms with Crippen LogP contribution in [0, 0.1) is 5.92 Å². The number of thiophene rings is 1. The summed E-state index contributed by atoms with van der Waals surface area (Å²) in [7, 11) is 3.65. The summed E-state index contributed by atoms with van der Waals surface area (Å²) in [6.45, 7) is 4.01. The number of H-pyrrole nitrogens is 1. The summed E-state index contributed by atoms with van der Waals surface area (Å²) in [6, 6.07) is 3.98. The summed E-state index contributed by atoms with van der Waals surface area (Å²) in [5.74, 6) is 1.73. The molecule has 166 valence electrons. The number of amides is 1. The average Bonchev–Trinajstić information content (AvgIpc) is 3.36. The SMILES string of the molecule is CC(C)Oc1cc2[nH]ncc2cc1Nc1ncnc2sc3c(c12)CCC(C(=O)N(C)C)C3. The highest BCUT2D eigenvalue weighted by molar-refractivity contribution is 7.19. The lowest BCUT2D eigenvalue weighted by atomic mass is 9.87. The van der Waals surface area contributed by atoms with Gasteiger partial charge in [0.2, 0.25) is 5.91 Å². The molecule has 1 unspecified atom stereocenters. The first kappa shape index (κ1) is 20.7. The first-order valence-corrected chi connectivity index (χ1v) is 11.6. The van der Waals surface area contributed by atoms with Crippen LogP contribution in [0.3, 0.4) is 0 Å². The number of rotatable bonds is 5. The summed E-state index contributed by atoms with van der Waals surface area (Å²) >= 11 is 1.67. The summed E-state index contributed by atoms with van der Waals surface area (Å²) in [4.78, 5) is 25.5. The Balaban J connectivity index is 1.55. The third-order valence-electron chi connectivity index (χ3n) is 5.79. The lowest BCUT2D eigenvalue weighted by Crippen LogP contribution is -2.32. The lowest BCUT2D eigenvalue weighted by Gasteiger charge is -2.24. The molecule has 0 spiro atoms. The predicted molar refractivity (Wildman–Crippen MR) is 127 cm³/mol. The molecule has 2 N–H and O–H groups in total. The zero-order valence-electron chi connectivity index (χ0n) is 18.6. The van der Waals surface area contributed by atoms with Gasteiger partial charge in [-0.2, -0.15) is 5.10 Å². The number of carbonyl (C=O) groups is 1. The molecule has 0 saturated carbocycles. The number of aromatic amines is 1. The monoisotopic (exact) mass is 450 g/mol. The second kappa shape index (κ2) is 8.05. The van der Waals surface area contributed by atoms with Crippen molar-refractivity contribution in [3.63, 3.8) is 0 Å². The molecule has 32 heavy (non-hydrogen) atoms. The summed E-state index contributed by atoms with van der Waals surface area (Å²) in [5, 5.41) is 12.7. The first-order valence-electron chi connectivity index (χ1n) is 10.8. The van der Waals surface area contributed by atoms with Gasteiger partial charge in [0.15, 0.2) is 0 Å². The first-order chi connectivity index (χ1) is 15.4. The molecule has 1 amide bonds. The summed E-state index contributed by atoms with van der Waals surface area (Å²) in [6.07, 6.45) is 5.86. The maximum Gasteiger partial charge on any atom is 0.225 e. The predicted octanol–water partition coefficient (Wildman–Crippen LogP) is 4.29. The van der Waals surface area contributed by atoms with Gasteiger partial charge >= 0.3 is 0 Å². The van der Waals surface area contributed by atoms with Crippen molar-refractivity contribution in [3.8, 4) is 5.75 Å². The molecule has 0 saturated heterocycles. The van der Waals surface area contributed by atoms with Gasteiger partial charge < -0.3 is 15.0 Å². The minimum atomic E-state index is 0.0291. The van der Waals surface area contributed by atoms with Gasteiger partial charge in [-0.25, -0.2) is 9.97 Å². The number of nitrogens with zero attached hydrogens (tertiary/aromatic N) is 4. The van der Waals surface area contributed by atoms with E-state index in [2.05, 4.69) is 25.5 Å². The molecule has 0 aliphatic heterocycles. The summed E-state index contributed by atoms with van der Waals surface area (Å²) in [5.41, 5.74) is 3.01. The molecular formula is C23H26N6O2S. The van der Waals surface area contributed by atoms with Gasteiger partial charge in [0, 0.05) is 36.3 Å². The number of carbonyl (C=O) groups excluding carboxylic acids is 1. The van der Waals surface area contributed by atoms with Crippen LogP contribution in [0.2, 0.25) is 0 Å². The van der Waals surface area contributed by atoms with Crippen LogP contribution in [0.25, 0.3) is 21.1 Å². The molecule has 3 heterocycles. The van der Waals surface area contributed by atoms with Gasteiger partial charge in [-0.05, 0) is 44.7 Å². The highest BCUT2D eigenvalue weighted by Gasteiger charge is 2.30. The number of ether oxygens (including phenoxy) is 1. The number of aryl methyl sites for hydroxylation is 1. The van der Waals surface area contributed by atoms with Gasteiger partial charge in [0.1, 0.15) is 22.7 Å². The lowest BCUT2D eigenvalue weighted by molar-refractivity contribution is -0.133. The second-order valence-electron chi connectivity index (χ2n) is 8.68. The van der Waals surface area contributed by atoms with Crippen LogP contribution in [-0.4, -0.2) is 51.2 Å². The molecule has 5 rings (SSSR count). The van der Waals surface area contributed by atoms with Crippen LogP contribution in [0.1, 0.15) is 30.7 Å². The zero-order chi connectivity index (χ0) is 22.4. The molecule has 0 bridgehead atoms.